The normalized spacial score (nSPS) is 20.1. The number of hydrogen-bond donors (Lipinski definition) is 0. The smallest absolute Gasteiger partial charge is 0.403 e. The van der Waals surface area contributed by atoms with Gasteiger partial charge in [0.05, 0.1) is 21.5 Å². The average Bonchev–Trinajstić information content (AvgIpc) is 3.10. The van der Waals surface area contributed by atoms with Crippen molar-refractivity contribution in [3.05, 3.63) is 106 Å². The van der Waals surface area contributed by atoms with E-state index < -0.39 is 28.4 Å². The number of hydrogen-bond acceptors (Lipinski definition) is 4. The number of nitro benzene ring substituents is 1. The molecule has 0 radical (unpaired) electrons. The van der Waals surface area contributed by atoms with Crippen LogP contribution in [0, 0.1) is 16.0 Å². The van der Waals surface area contributed by atoms with Gasteiger partial charge in [-0.2, -0.15) is 13.2 Å². The molecule has 172 valence electrons. The summed E-state index contributed by atoms with van der Waals surface area (Å²) in [6.07, 6.45) is -4.98. The summed E-state index contributed by atoms with van der Waals surface area (Å²) >= 11 is 0. The molecule has 5 rings (SSSR count). The number of carbonyl (C=O) groups excluding carboxylic acids is 1. The van der Waals surface area contributed by atoms with Gasteiger partial charge in [0.15, 0.2) is 11.7 Å². The van der Waals surface area contributed by atoms with E-state index in [0.717, 1.165) is 12.1 Å². The second-order valence-corrected chi connectivity index (χ2v) is 8.13. The highest BCUT2D eigenvalue weighted by Gasteiger charge is 2.65. The highest BCUT2D eigenvalue weighted by atomic mass is 19.4. The molecule has 0 saturated carbocycles. The number of aromatic nitrogens is 1. The fraction of sp³-hybridized carbons (Fsp3) is 0.160. The van der Waals surface area contributed by atoms with Crippen LogP contribution < -0.4 is 4.74 Å². The van der Waals surface area contributed by atoms with Crippen molar-refractivity contribution in [2.75, 3.05) is 0 Å². The Kier molecular flexibility index (Phi) is 4.75. The number of ether oxygens (including phenoxy) is 1. The Balaban J connectivity index is 1.99. The number of nitro groups is 1. The van der Waals surface area contributed by atoms with Crippen LogP contribution in [0.1, 0.15) is 16.8 Å². The van der Waals surface area contributed by atoms with E-state index in [1.54, 1.807) is 54.1 Å². The lowest BCUT2D eigenvalue weighted by atomic mass is 9.62. The van der Waals surface area contributed by atoms with Crippen molar-refractivity contribution in [1.29, 1.82) is 0 Å². The van der Waals surface area contributed by atoms with Gasteiger partial charge in [0.2, 0.25) is 0 Å². The Morgan fingerprint density at radius 1 is 0.941 bits per heavy atom. The first-order chi connectivity index (χ1) is 16.2. The van der Waals surface area contributed by atoms with Crippen LogP contribution in [-0.2, 0) is 17.3 Å². The summed E-state index contributed by atoms with van der Waals surface area (Å²) in [6, 6.07) is 19.6. The molecule has 4 aromatic rings. The highest BCUT2D eigenvalue weighted by Crippen LogP contribution is 2.58. The van der Waals surface area contributed by atoms with Crippen molar-refractivity contribution in [3.8, 4) is 5.75 Å². The lowest BCUT2D eigenvalue weighted by Crippen LogP contribution is -2.54. The summed E-state index contributed by atoms with van der Waals surface area (Å²) in [5, 5.41) is 11.7. The fourth-order valence-electron chi connectivity index (χ4n) is 5.08. The monoisotopic (exact) mass is 466 g/mol. The van der Waals surface area contributed by atoms with Crippen molar-refractivity contribution in [2.24, 2.45) is 13.0 Å². The minimum atomic E-state index is -4.98. The zero-order valence-electron chi connectivity index (χ0n) is 17.7. The van der Waals surface area contributed by atoms with E-state index in [2.05, 4.69) is 0 Å². The number of benzene rings is 3. The van der Waals surface area contributed by atoms with Crippen molar-refractivity contribution in [1.82, 2.24) is 4.57 Å². The van der Waals surface area contributed by atoms with E-state index in [1.165, 1.54) is 24.3 Å². The Morgan fingerprint density at radius 2 is 1.53 bits per heavy atom. The number of para-hydroxylation sites is 1. The first kappa shape index (κ1) is 21.7. The van der Waals surface area contributed by atoms with E-state index in [9.17, 15) is 28.1 Å². The molecule has 0 amide bonds. The quantitative estimate of drug-likeness (QED) is 0.226. The Bertz CT molecular complexity index is 1430. The summed E-state index contributed by atoms with van der Waals surface area (Å²) < 4.78 is 51.2. The number of non-ortho nitro benzene ring substituents is 1. The van der Waals surface area contributed by atoms with Gasteiger partial charge in [-0.1, -0.05) is 54.6 Å². The Hall–Kier alpha value is -4.14. The number of nitrogens with zero attached hydrogens (tertiary/aromatic N) is 2. The highest BCUT2D eigenvalue weighted by molar-refractivity contribution is 5.96. The third-order valence-corrected chi connectivity index (χ3v) is 6.40. The summed E-state index contributed by atoms with van der Waals surface area (Å²) in [7, 11) is 1.62. The average molecular weight is 466 g/mol. The maximum absolute atomic E-state index is 14.7. The van der Waals surface area contributed by atoms with Crippen LogP contribution in [0.5, 0.6) is 5.75 Å². The molecule has 9 heteroatoms. The number of aryl methyl sites for hydroxylation is 1. The second kappa shape index (κ2) is 7.44. The van der Waals surface area contributed by atoms with Crippen molar-refractivity contribution in [3.63, 3.8) is 0 Å². The number of halogens is 3. The second-order valence-electron chi connectivity index (χ2n) is 8.13. The topological polar surface area (TPSA) is 74.4 Å². The predicted molar refractivity (Wildman–Crippen MR) is 118 cm³/mol. The lowest BCUT2D eigenvalue weighted by Gasteiger charge is -2.44. The van der Waals surface area contributed by atoms with Crippen molar-refractivity contribution >= 4 is 22.6 Å². The molecule has 2 heterocycles. The van der Waals surface area contributed by atoms with E-state index in [4.69, 9.17) is 4.74 Å². The van der Waals surface area contributed by atoms with E-state index >= 15 is 0 Å². The van der Waals surface area contributed by atoms with Gasteiger partial charge < -0.3 is 9.30 Å². The van der Waals surface area contributed by atoms with Gasteiger partial charge >= 0.3 is 12.1 Å². The van der Waals surface area contributed by atoms with E-state index in [-0.39, 0.29) is 28.3 Å². The molecule has 0 N–H and O–H groups in total. The standard InChI is InChI=1S/C25H17F3N2O4/c1-29-19-10-6-5-9-18(19)20-22(29)24(15-7-3-2-4-8-15,21(23(31)34-20)25(26,27)28)16-11-13-17(14-12-16)30(32)33/h2-14,21H,1H3. The molecule has 1 aromatic heterocycles. The molecule has 0 aliphatic carbocycles. The van der Waals surface area contributed by atoms with Crippen LogP contribution in [0.3, 0.4) is 0 Å². The van der Waals surface area contributed by atoms with E-state index in [1.807, 2.05) is 0 Å². The first-order valence-corrected chi connectivity index (χ1v) is 10.3. The van der Waals surface area contributed by atoms with Crippen LogP contribution in [0.4, 0.5) is 18.9 Å². The number of carbonyl (C=O) groups is 1. The van der Waals surface area contributed by atoms with E-state index in [0.29, 0.717) is 10.9 Å². The molecular weight excluding hydrogens is 449 g/mol. The van der Waals surface area contributed by atoms with Gasteiger partial charge in [-0.25, -0.2) is 0 Å². The lowest BCUT2D eigenvalue weighted by molar-refractivity contribution is -0.384. The van der Waals surface area contributed by atoms with Gasteiger partial charge in [0.25, 0.3) is 5.69 Å². The van der Waals surface area contributed by atoms with Gasteiger partial charge in [-0.3, -0.25) is 14.9 Å². The molecule has 0 bridgehead atoms. The number of fused-ring (bicyclic) bond motifs is 3. The van der Waals surface area contributed by atoms with Crippen molar-refractivity contribution < 1.29 is 27.6 Å². The fourth-order valence-corrected chi connectivity index (χ4v) is 5.08. The molecule has 1 aliphatic heterocycles. The molecule has 0 spiro atoms. The maximum atomic E-state index is 14.7. The van der Waals surface area contributed by atoms with Gasteiger partial charge in [0, 0.05) is 24.6 Å². The number of esters is 1. The summed E-state index contributed by atoms with van der Waals surface area (Å²) in [6.45, 7) is 0. The minimum absolute atomic E-state index is 0.0470. The molecule has 1 aliphatic rings. The minimum Gasteiger partial charge on any atom is -0.423 e. The molecule has 34 heavy (non-hydrogen) atoms. The zero-order valence-corrected chi connectivity index (χ0v) is 17.7. The van der Waals surface area contributed by atoms with Gasteiger partial charge in [0.1, 0.15) is 0 Å². The van der Waals surface area contributed by atoms with Crippen LogP contribution in [-0.4, -0.2) is 21.6 Å². The van der Waals surface area contributed by atoms with Crippen LogP contribution in [0.25, 0.3) is 10.9 Å². The summed E-state index contributed by atoms with van der Waals surface area (Å²) in [5.74, 6) is -3.97. The Morgan fingerprint density at radius 3 is 2.15 bits per heavy atom. The molecule has 3 aromatic carbocycles. The van der Waals surface area contributed by atoms with Crippen LogP contribution in [0.2, 0.25) is 0 Å². The van der Waals surface area contributed by atoms with Gasteiger partial charge in [-0.15, -0.1) is 0 Å². The van der Waals surface area contributed by atoms with Crippen LogP contribution >= 0.6 is 0 Å². The molecule has 0 saturated heterocycles. The first-order valence-electron chi connectivity index (χ1n) is 10.3. The molecular formula is C25H17F3N2O4. The Labute approximate surface area is 191 Å². The maximum Gasteiger partial charge on any atom is 0.403 e. The number of rotatable bonds is 3. The third-order valence-electron chi connectivity index (χ3n) is 6.40. The summed E-state index contributed by atoms with van der Waals surface area (Å²) in [4.78, 5) is 23.7. The zero-order chi connectivity index (χ0) is 24.3. The van der Waals surface area contributed by atoms with Crippen LogP contribution in [0.15, 0.2) is 78.9 Å². The predicted octanol–water partition coefficient (Wildman–Crippen LogP) is 5.52. The molecule has 0 fully saturated rings. The number of alkyl halides is 3. The summed E-state index contributed by atoms with van der Waals surface area (Å²) in [5.41, 5.74) is -1.27. The molecule has 2 atom stereocenters. The molecule has 2 unspecified atom stereocenters. The largest absolute Gasteiger partial charge is 0.423 e. The SMILES string of the molecule is Cn1c2c(c3ccccc31)OC(=O)C(C(F)(F)F)C2(c1ccccc1)c1ccc([N+](=O)[O-])cc1. The molecule has 6 nitrogen and oxygen atoms in total. The van der Waals surface area contributed by atoms with Gasteiger partial charge in [-0.05, 0) is 23.3 Å². The van der Waals surface area contributed by atoms with Crippen molar-refractivity contribution in [2.45, 2.75) is 11.6 Å². The third kappa shape index (κ3) is 2.93.